The van der Waals surface area contributed by atoms with Gasteiger partial charge < -0.3 is 0 Å². The van der Waals surface area contributed by atoms with Crippen LogP contribution in [-0.4, -0.2) is 4.98 Å². The summed E-state index contributed by atoms with van der Waals surface area (Å²) in [5.41, 5.74) is 2.89. The zero-order valence-corrected chi connectivity index (χ0v) is 22.6. The van der Waals surface area contributed by atoms with E-state index >= 15 is 0 Å². The number of imidazole rings is 1. The van der Waals surface area contributed by atoms with E-state index in [9.17, 15) is 0 Å². The molecule has 3 rings (SSSR count). The summed E-state index contributed by atoms with van der Waals surface area (Å²) in [4.78, 5) is 3.73. The molecule has 0 radical (unpaired) electrons. The molecule has 1 N–H and O–H groups in total. The highest BCUT2D eigenvalue weighted by Crippen LogP contribution is 2.43. The molecule has 0 saturated heterocycles. The number of hydrogen-bond acceptors (Lipinski definition) is 0. The first kappa shape index (κ1) is 27.2. The Labute approximate surface area is 215 Å². The van der Waals surface area contributed by atoms with Crippen molar-refractivity contribution in [2.75, 3.05) is 0 Å². The van der Waals surface area contributed by atoms with E-state index in [1.54, 1.807) is 0 Å². The molecular formula is C33H49N2+. The second-order valence-corrected chi connectivity index (χ2v) is 10.7. The van der Waals surface area contributed by atoms with E-state index in [1.807, 2.05) is 0 Å². The Morgan fingerprint density at radius 3 is 2.00 bits per heavy atom. The highest BCUT2D eigenvalue weighted by Gasteiger charge is 2.41. The minimum Gasteiger partial charge on any atom is -0.247 e. The Bertz CT molecular complexity index is 930. The van der Waals surface area contributed by atoms with Crippen molar-refractivity contribution in [3.63, 3.8) is 0 Å². The summed E-state index contributed by atoms with van der Waals surface area (Å²) in [6.45, 7) is 8.22. The number of H-pyrrole nitrogens is 1. The van der Waals surface area contributed by atoms with Crippen LogP contribution >= 0.6 is 0 Å². The number of rotatable bonds is 17. The average Bonchev–Trinajstić information content (AvgIpc) is 3.35. The standard InChI is InChI=1S/C33H48N2/c1-4-6-8-10-18-24-31(32-34-25-27-35(32)26-19-11-9-7-5-2)33(3,30-22-16-13-17-23-30)28-29-20-14-12-15-21-29/h12-17,20-23,25,27,31H,4-11,18-19,24,26,28H2,1-3H3/p+1. The molecule has 1 aromatic heterocycles. The monoisotopic (exact) mass is 473 g/mol. The Kier molecular flexibility index (Phi) is 11.6. The van der Waals surface area contributed by atoms with Gasteiger partial charge in [-0.2, -0.15) is 0 Å². The second-order valence-electron chi connectivity index (χ2n) is 10.7. The zero-order valence-electron chi connectivity index (χ0n) is 22.6. The van der Waals surface area contributed by atoms with Crippen LogP contribution in [-0.2, 0) is 18.4 Å². The molecule has 0 aliphatic rings. The molecule has 0 bridgehead atoms. The van der Waals surface area contributed by atoms with Gasteiger partial charge in [0.1, 0.15) is 12.4 Å². The summed E-state index contributed by atoms with van der Waals surface area (Å²) in [6.07, 6.45) is 19.9. The molecule has 3 aromatic rings. The maximum atomic E-state index is 3.73. The number of benzene rings is 2. The van der Waals surface area contributed by atoms with Crippen LogP contribution in [0.3, 0.4) is 0 Å². The van der Waals surface area contributed by atoms with E-state index in [2.05, 4.69) is 103 Å². The van der Waals surface area contributed by atoms with Gasteiger partial charge in [-0.05, 0) is 36.8 Å². The van der Waals surface area contributed by atoms with Crippen LogP contribution in [0.1, 0.15) is 114 Å². The van der Waals surface area contributed by atoms with Crippen molar-refractivity contribution < 1.29 is 4.57 Å². The molecule has 2 atom stereocenters. The maximum absolute atomic E-state index is 3.73. The molecule has 0 spiro atoms. The number of aromatic amines is 1. The third kappa shape index (κ3) is 8.09. The molecule has 2 unspecified atom stereocenters. The molecule has 2 nitrogen and oxygen atoms in total. The number of aromatic nitrogens is 2. The molecule has 0 amide bonds. The predicted molar refractivity (Wildman–Crippen MR) is 150 cm³/mol. The molecule has 0 aliphatic heterocycles. The smallest absolute Gasteiger partial charge is 0.247 e. The Balaban J connectivity index is 1.92. The zero-order chi connectivity index (χ0) is 24.8. The lowest BCUT2D eigenvalue weighted by Crippen LogP contribution is -2.43. The first-order chi connectivity index (χ1) is 17.2. The quantitative estimate of drug-likeness (QED) is 0.149. The van der Waals surface area contributed by atoms with Gasteiger partial charge >= 0.3 is 0 Å². The van der Waals surface area contributed by atoms with Gasteiger partial charge in [0.15, 0.2) is 0 Å². The molecule has 0 fully saturated rings. The molecule has 2 aromatic carbocycles. The number of nitrogens with one attached hydrogen (secondary N) is 1. The van der Waals surface area contributed by atoms with Gasteiger partial charge in [-0.15, -0.1) is 0 Å². The van der Waals surface area contributed by atoms with Crippen molar-refractivity contribution in [2.24, 2.45) is 0 Å². The highest BCUT2D eigenvalue weighted by molar-refractivity contribution is 5.32. The van der Waals surface area contributed by atoms with Gasteiger partial charge in [-0.1, -0.05) is 133 Å². The summed E-state index contributed by atoms with van der Waals surface area (Å²) < 4.78 is 2.54. The van der Waals surface area contributed by atoms with Crippen molar-refractivity contribution in [3.8, 4) is 0 Å². The summed E-state index contributed by atoms with van der Waals surface area (Å²) in [5.74, 6) is 1.86. The largest absolute Gasteiger partial charge is 0.258 e. The lowest BCUT2D eigenvalue weighted by Gasteiger charge is -2.37. The Hall–Kier alpha value is -2.35. The number of unbranched alkanes of at least 4 members (excludes halogenated alkanes) is 8. The van der Waals surface area contributed by atoms with Crippen LogP contribution in [0.2, 0.25) is 0 Å². The maximum Gasteiger partial charge on any atom is 0.258 e. The summed E-state index contributed by atoms with van der Waals surface area (Å²) in [7, 11) is 0. The van der Waals surface area contributed by atoms with Crippen molar-refractivity contribution in [2.45, 2.75) is 116 Å². The van der Waals surface area contributed by atoms with E-state index < -0.39 is 0 Å². The van der Waals surface area contributed by atoms with Crippen LogP contribution in [0.4, 0.5) is 0 Å². The summed E-state index contributed by atoms with van der Waals surface area (Å²) in [6, 6.07) is 22.4. The van der Waals surface area contributed by atoms with Crippen LogP contribution in [0.5, 0.6) is 0 Å². The topological polar surface area (TPSA) is 19.7 Å². The number of hydrogen-bond donors (Lipinski definition) is 1. The van der Waals surface area contributed by atoms with Crippen LogP contribution in [0.25, 0.3) is 0 Å². The lowest BCUT2D eigenvalue weighted by atomic mass is 9.66. The molecule has 35 heavy (non-hydrogen) atoms. The predicted octanol–water partition coefficient (Wildman–Crippen LogP) is 8.92. The van der Waals surface area contributed by atoms with Crippen molar-refractivity contribution >= 4 is 0 Å². The first-order valence-corrected chi connectivity index (χ1v) is 14.3. The molecular weight excluding hydrogens is 424 g/mol. The number of nitrogens with zero attached hydrogens (tertiary/aromatic N) is 1. The summed E-state index contributed by atoms with van der Waals surface area (Å²) >= 11 is 0. The van der Waals surface area contributed by atoms with Crippen LogP contribution in [0.15, 0.2) is 73.1 Å². The third-order valence-electron chi connectivity index (χ3n) is 7.84. The molecule has 2 heteroatoms. The number of aryl methyl sites for hydroxylation is 1. The normalized spacial score (nSPS) is 14.0. The van der Waals surface area contributed by atoms with E-state index in [-0.39, 0.29) is 5.41 Å². The van der Waals surface area contributed by atoms with Crippen molar-refractivity contribution in [3.05, 3.63) is 90.0 Å². The summed E-state index contributed by atoms with van der Waals surface area (Å²) in [5, 5.41) is 0. The van der Waals surface area contributed by atoms with Gasteiger partial charge in [-0.25, -0.2) is 9.55 Å². The van der Waals surface area contributed by atoms with Gasteiger partial charge in [0.05, 0.1) is 12.5 Å². The fourth-order valence-corrected chi connectivity index (χ4v) is 5.73. The molecule has 190 valence electrons. The van der Waals surface area contributed by atoms with Crippen LogP contribution < -0.4 is 4.57 Å². The SMILES string of the molecule is CCCCCCCC(c1[nH]cc[n+]1CCCCCCC)C(C)(Cc1ccccc1)c1ccccc1. The van der Waals surface area contributed by atoms with Gasteiger partial charge in [0, 0.05) is 5.41 Å². The molecule has 0 aliphatic carbocycles. The van der Waals surface area contributed by atoms with E-state index in [4.69, 9.17) is 0 Å². The van der Waals surface area contributed by atoms with E-state index in [0.29, 0.717) is 5.92 Å². The average molecular weight is 474 g/mol. The first-order valence-electron chi connectivity index (χ1n) is 14.3. The van der Waals surface area contributed by atoms with Gasteiger partial charge in [-0.3, -0.25) is 0 Å². The molecule has 1 heterocycles. The Morgan fingerprint density at radius 2 is 1.34 bits per heavy atom. The fourth-order valence-electron chi connectivity index (χ4n) is 5.73. The second kappa shape index (κ2) is 14.9. The fraction of sp³-hybridized carbons (Fsp3) is 0.545. The minimum atomic E-state index is 0.0161. The lowest BCUT2D eigenvalue weighted by molar-refractivity contribution is -0.705. The minimum absolute atomic E-state index is 0.0161. The van der Waals surface area contributed by atoms with Crippen molar-refractivity contribution in [1.29, 1.82) is 0 Å². The van der Waals surface area contributed by atoms with E-state index in [0.717, 1.165) is 13.0 Å². The van der Waals surface area contributed by atoms with Gasteiger partial charge in [0.25, 0.3) is 5.82 Å². The van der Waals surface area contributed by atoms with Crippen molar-refractivity contribution in [1.82, 2.24) is 4.98 Å². The third-order valence-corrected chi connectivity index (χ3v) is 7.84. The molecule has 0 saturated carbocycles. The highest BCUT2D eigenvalue weighted by atomic mass is 15.1. The van der Waals surface area contributed by atoms with E-state index in [1.165, 1.54) is 87.6 Å². The van der Waals surface area contributed by atoms with Crippen LogP contribution in [0, 0.1) is 0 Å². The Morgan fingerprint density at radius 1 is 0.743 bits per heavy atom. The van der Waals surface area contributed by atoms with Gasteiger partial charge in [0.2, 0.25) is 0 Å².